The van der Waals surface area contributed by atoms with Gasteiger partial charge in [-0.2, -0.15) is 0 Å². The largest absolute Gasteiger partial charge is 0.336 e. The minimum absolute atomic E-state index is 0.0406. The SMILES string of the molecule is CCCCCCCCCCCCCCCCCC(=O)NC1=NC(C)CN1C(C)NC(=O)CCCCCCCCCCCCCCCCC. The average Bonchev–Trinajstić information content (AvgIpc) is 3.44. The summed E-state index contributed by atoms with van der Waals surface area (Å²) in [6.07, 6.45) is 40.7. The standard InChI is InChI=1S/C42H82N4O2/c1-5-7-9-11-13-15-17-19-21-23-25-27-29-31-33-35-40(47)44-39(4)46-37-38(3)43-42(46)45-41(48)36-34-32-30-28-26-24-22-20-18-16-14-12-10-8-6-2/h38-39H,5-37H2,1-4H3,(H,44,47)(H,43,45,48). The molecule has 2 amide bonds. The Balaban J connectivity index is 2.02. The molecule has 2 unspecified atom stereocenters. The molecule has 1 rings (SSSR count). The zero-order chi connectivity index (χ0) is 34.9. The van der Waals surface area contributed by atoms with E-state index in [-0.39, 0.29) is 24.0 Å². The first-order chi connectivity index (χ1) is 23.5. The van der Waals surface area contributed by atoms with E-state index < -0.39 is 0 Å². The lowest BCUT2D eigenvalue weighted by Crippen LogP contribution is -2.52. The molecule has 1 heterocycles. The molecule has 0 aromatic heterocycles. The first-order valence-corrected chi connectivity index (χ1v) is 21.4. The van der Waals surface area contributed by atoms with Crippen molar-refractivity contribution in [3.05, 3.63) is 0 Å². The van der Waals surface area contributed by atoms with Crippen LogP contribution in [0.25, 0.3) is 0 Å². The van der Waals surface area contributed by atoms with Gasteiger partial charge in [0.1, 0.15) is 6.17 Å². The lowest BCUT2D eigenvalue weighted by Gasteiger charge is -2.28. The molecule has 6 nitrogen and oxygen atoms in total. The minimum Gasteiger partial charge on any atom is -0.336 e. The molecule has 2 N–H and O–H groups in total. The molecule has 282 valence electrons. The predicted octanol–water partition coefficient (Wildman–Crippen LogP) is 12.1. The monoisotopic (exact) mass is 675 g/mol. The molecule has 2 atom stereocenters. The van der Waals surface area contributed by atoms with Gasteiger partial charge in [-0.05, 0) is 26.7 Å². The molecule has 0 saturated carbocycles. The average molecular weight is 675 g/mol. The number of carbonyl (C=O) groups excluding carboxylic acids is 2. The fraction of sp³-hybridized carbons (Fsp3) is 0.929. The molecule has 6 heteroatoms. The number of nitrogens with one attached hydrogen (secondary N) is 2. The van der Waals surface area contributed by atoms with Gasteiger partial charge in [0.25, 0.3) is 0 Å². The molecular formula is C42H82N4O2. The molecule has 0 spiro atoms. The highest BCUT2D eigenvalue weighted by Crippen LogP contribution is 2.16. The van der Waals surface area contributed by atoms with Crippen molar-refractivity contribution < 1.29 is 9.59 Å². The Morgan fingerprint density at radius 1 is 0.562 bits per heavy atom. The van der Waals surface area contributed by atoms with Crippen molar-refractivity contribution in [2.75, 3.05) is 6.54 Å². The number of guanidine groups is 1. The van der Waals surface area contributed by atoms with Gasteiger partial charge in [0.05, 0.1) is 6.04 Å². The van der Waals surface area contributed by atoms with Crippen LogP contribution in [0, 0.1) is 0 Å². The van der Waals surface area contributed by atoms with Crippen molar-refractivity contribution in [2.24, 2.45) is 4.99 Å². The van der Waals surface area contributed by atoms with Crippen molar-refractivity contribution in [1.82, 2.24) is 15.5 Å². The van der Waals surface area contributed by atoms with Gasteiger partial charge in [-0.1, -0.05) is 194 Å². The van der Waals surface area contributed by atoms with E-state index in [1.165, 1.54) is 167 Å². The zero-order valence-electron chi connectivity index (χ0n) is 32.7. The third kappa shape index (κ3) is 26.3. The van der Waals surface area contributed by atoms with E-state index >= 15 is 0 Å². The molecule has 0 aromatic carbocycles. The topological polar surface area (TPSA) is 73.8 Å². The van der Waals surface area contributed by atoms with Crippen LogP contribution < -0.4 is 10.6 Å². The fourth-order valence-electron chi connectivity index (χ4n) is 7.02. The lowest BCUT2D eigenvalue weighted by molar-refractivity contribution is -0.122. The number of nitrogens with zero attached hydrogens (tertiary/aromatic N) is 2. The van der Waals surface area contributed by atoms with Crippen molar-refractivity contribution in [1.29, 1.82) is 0 Å². The Morgan fingerprint density at radius 2 is 0.875 bits per heavy atom. The van der Waals surface area contributed by atoms with E-state index in [0.717, 1.165) is 32.2 Å². The molecule has 1 aliphatic heterocycles. The Hall–Kier alpha value is -1.59. The van der Waals surface area contributed by atoms with Gasteiger partial charge in [0.15, 0.2) is 0 Å². The molecule has 0 fully saturated rings. The van der Waals surface area contributed by atoms with Crippen LogP contribution >= 0.6 is 0 Å². The van der Waals surface area contributed by atoms with Crippen LogP contribution in [0.3, 0.4) is 0 Å². The van der Waals surface area contributed by atoms with Gasteiger partial charge < -0.3 is 10.2 Å². The third-order valence-corrected chi connectivity index (χ3v) is 10.2. The zero-order valence-corrected chi connectivity index (χ0v) is 32.7. The molecule has 1 aliphatic rings. The summed E-state index contributed by atoms with van der Waals surface area (Å²) >= 11 is 0. The molecule has 0 bridgehead atoms. The van der Waals surface area contributed by atoms with E-state index in [9.17, 15) is 9.59 Å². The third-order valence-electron chi connectivity index (χ3n) is 10.2. The molecule has 48 heavy (non-hydrogen) atoms. The highest BCUT2D eigenvalue weighted by Gasteiger charge is 2.28. The Bertz CT molecular complexity index is 786. The van der Waals surface area contributed by atoms with Crippen molar-refractivity contribution >= 4 is 17.8 Å². The smallest absolute Gasteiger partial charge is 0.226 e. The highest BCUT2D eigenvalue weighted by molar-refractivity contribution is 5.98. The number of aliphatic imine (C=N–C) groups is 1. The summed E-state index contributed by atoms with van der Waals surface area (Å²) in [6, 6.07) is 0.112. The summed E-state index contributed by atoms with van der Waals surface area (Å²) in [5.74, 6) is 0.757. The fourth-order valence-corrected chi connectivity index (χ4v) is 7.02. The summed E-state index contributed by atoms with van der Waals surface area (Å²) in [5, 5.41) is 6.20. The van der Waals surface area contributed by atoms with Crippen LogP contribution in [-0.2, 0) is 9.59 Å². The molecule has 0 aliphatic carbocycles. The van der Waals surface area contributed by atoms with Gasteiger partial charge in [-0.15, -0.1) is 0 Å². The van der Waals surface area contributed by atoms with E-state index in [2.05, 4.69) is 36.4 Å². The molecule has 0 aromatic rings. The molecule has 0 saturated heterocycles. The van der Waals surface area contributed by atoms with Crippen molar-refractivity contribution in [2.45, 2.75) is 245 Å². The van der Waals surface area contributed by atoms with Crippen molar-refractivity contribution in [3.8, 4) is 0 Å². The maximum atomic E-state index is 12.7. The second-order valence-electron chi connectivity index (χ2n) is 15.1. The van der Waals surface area contributed by atoms with Gasteiger partial charge in [-0.3, -0.25) is 14.9 Å². The molecule has 0 radical (unpaired) electrons. The van der Waals surface area contributed by atoms with Crippen LogP contribution in [0.1, 0.15) is 233 Å². The number of amides is 2. The minimum atomic E-state index is -0.177. The van der Waals surface area contributed by atoms with Crippen LogP contribution in [0.15, 0.2) is 4.99 Å². The Labute approximate surface area is 299 Å². The van der Waals surface area contributed by atoms with E-state index in [1.807, 2.05) is 11.8 Å². The maximum Gasteiger partial charge on any atom is 0.226 e. The van der Waals surface area contributed by atoms with Gasteiger partial charge >= 0.3 is 0 Å². The highest BCUT2D eigenvalue weighted by atomic mass is 16.2. The Kier molecular flexibility index (Phi) is 30.2. The summed E-state index contributed by atoms with van der Waals surface area (Å²) < 4.78 is 0. The number of unbranched alkanes of at least 4 members (excludes halogenated alkanes) is 28. The second kappa shape index (κ2) is 32.6. The lowest BCUT2D eigenvalue weighted by atomic mass is 10.0. The number of rotatable bonds is 34. The van der Waals surface area contributed by atoms with Crippen LogP contribution in [0.2, 0.25) is 0 Å². The summed E-state index contributed by atoms with van der Waals surface area (Å²) in [7, 11) is 0. The van der Waals surface area contributed by atoms with E-state index in [0.29, 0.717) is 18.8 Å². The first-order valence-electron chi connectivity index (χ1n) is 21.4. The Morgan fingerprint density at radius 3 is 1.23 bits per heavy atom. The summed E-state index contributed by atoms with van der Waals surface area (Å²) in [5.41, 5.74) is 0. The van der Waals surface area contributed by atoms with Crippen molar-refractivity contribution in [3.63, 3.8) is 0 Å². The van der Waals surface area contributed by atoms with E-state index in [1.54, 1.807) is 0 Å². The van der Waals surface area contributed by atoms with E-state index in [4.69, 9.17) is 0 Å². The normalized spacial score (nSPS) is 15.1. The number of carbonyl (C=O) groups is 2. The predicted molar refractivity (Wildman–Crippen MR) is 208 cm³/mol. The van der Waals surface area contributed by atoms with Gasteiger partial charge in [0, 0.05) is 19.4 Å². The number of hydrogen-bond donors (Lipinski definition) is 2. The maximum absolute atomic E-state index is 12.7. The number of hydrogen-bond acceptors (Lipinski definition) is 4. The van der Waals surface area contributed by atoms with Gasteiger partial charge in [-0.25, -0.2) is 4.99 Å². The summed E-state index contributed by atoms with van der Waals surface area (Å²) in [4.78, 5) is 32.1. The quantitative estimate of drug-likeness (QED) is 0.0667. The molecular weight excluding hydrogens is 592 g/mol. The van der Waals surface area contributed by atoms with Crippen LogP contribution in [0.4, 0.5) is 0 Å². The second-order valence-corrected chi connectivity index (χ2v) is 15.1. The van der Waals surface area contributed by atoms with Crippen LogP contribution in [0.5, 0.6) is 0 Å². The van der Waals surface area contributed by atoms with Gasteiger partial charge in [0.2, 0.25) is 17.8 Å². The summed E-state index contributed by atoms with van der Waals surface area (Å²) in [6.45, 7) is 9.34. The first kappa shape index (κ1) is 44.4. The van der Waals surface area contributed by atoms with Crippen LogP contribution in [-0.4, -0.2) is 41.4 Å².